The van der Waals surface area contributed by atoms with E-state index >= 15 is 0 Å². The quantitative estimate of drug-likeness (QED) is 0.445. The Hall–Kier alpha value is -1.40. The molecule has 0 saturated heterocycles. The Morgan fingerprint density at radius 3 is 2.94 bits per heavy atom. The molecule has 0 fully saturated rings. The second kappa shape index (κ2) is 6.36. The third-order valence-corrected chi connectivity index (χ3v) is 2.35. The van der Waals surface area contributed by atoms with E-state index in [1.54, 1.807) is 11.9 Å². The first-order valence-corrected chi connectivity index (χ1v) is 5.53. The van der Waals surface area contributed by atoms with Crippen LogP contribution in [0.15, 0.2) is 12.3 Å². The molecule has 1 aromatic heterocycles. The summed E-state index contributed by atoms with van der Waals surface area (Å²) in [5.41, 5.74) is -0.100. The van der Waals surface area contributed by atoms with Crippen molar-refractivity contribution in [2.75, 3.05) is 31.7 Å². The van der Waals surface area contributed by atoms with Crippen molar-refractivity contribution in [2.45, 2.75) is 6.92 Å². The number of nitrogens with zero attached hydrogens (tertiary/aromatic N) is 3. The topological polar surface area (TPSA) is 68.5 Å². The Balaban J connectivity index is 2.84. The van der Waals surface area contributed by atoms with Gasteiger partial charge in [0, 0.05) is 32.5 Å². The van der Waals surface area contributed by atoms with Gasteiger partial charge in [0.2, 0.25) is 5.82 Å². The molecule has 7 heteroatoms. The number of ether oxygens (including phenoxy) is 1. The zero-order valence-corrected chi connectivity index (χ0v) is 10.5. The Kier molecular flexibility index (Phi) is 5.11. The largest absolute Gasteiger partial charge is 0.380 e. The van der Waals surface area contributed by atoms with E-state index in [0.717, 1.165) is 0 Å². The number of anilines is 1. The normalized spacial score (nSPS) is 10.3. The molecule has 0 aliphatic heterocycles. The highest BCUT2D eigenvalue weighted by atomic mass is 35.5. The average molecular weight is 260 g/mol. The molecular formula is C10H14ClN3O3. The molecule has 0 aliphatic carbocycles. The van der Waals surface area contributed by atoms with Crippen molar-refractivity contribution in [3.8, 4) is 0 Å². The fourth-order valence-corrected chi connectivity index (χ4v) is 1.45. The van der Waals surface area contributed by atoms with Gasteiger partial charge in [0.15, 0.2) is 0 Å². The zero-order chi connectivity index (χ0) is 12.8. The number of nitro groups is 1. The van der Waals surface area contributed by atoms with E-state index < -0.39 is 4.92 Å². The van der Waals surface area contributed by atoms with E-state index in [1.807, 2.05) is 6.92 Å². The zero-order valence-electron chi connectivity index (χ0n) is 9.72. The Morgan fingerprint density at radius 2 is 2.35 bits per heavy atom. The fraction of sp³-hybridized carbons (Fsp3) is 0.500. The predicted octanol–water partition coefficient (Wildman–Crippen LogP) is 2.12. The van der Waals surface area contributed by atoms with Crippen LogP contribution in [0.25, 0.3) is 0 Å². The minimum Gasteiger partial charge on any atom is -0.380 e. The first-order chi connectivity index (χ1) is 8.06. The SMILES string of the molecule is CCOCCN(C)c1ncc(Cl)cc1[N+](=O)[O-]. The lowest BCUT2D eigenvalue weighted by Crippen LogP contribution is -2.24. The summed E-state index contributed by atoms with van der Waals surface area (Å²) in [5.74, 6) is 0.291. The van der Waals surface area contributed by atoms with Crippen molar-refractivity contribution in [1.29, 1.82) is 0 Å². The maximum Gasteiger partial charge on any atom is 0.313 e. The average Bonchev–Trinajstić information content (AvgIpc) is 2.29. The maximum absolute atomic E-state index is 10.9. The highest BCUT2D eigenvalue weighted by Gasteiger charge is 2.19. The van der Waals surface area contributed by atoms with Gasteiger partial charge in [0.1, 0.15) is 0 Å². The van der Waals surface area contributed by atoms with Crippen LogP contribution < -0.4 is 4.90 Å². The van der Waals surface area contributed by atoms with Gasteiger partial charge in [-0.25, -0.2) is 4.98 Å². The minimum absolute atomic E-state index is 0.100. The number of hydrogen-bond acceptors (Lipinski definition) is 5. The molecule has 0 saturated carbocycles. The molecule has 94 valence electrons. The number of aromatic nitrogens is 1. The molecule has 0 atom stereocenters. The van der Waals surface area contributed by atoms with E-state index in [1.165, 1.54) is 12.3 Å². The molecule has 1 rings (SSSR count). The molecule has 0 unspecified atom stereocenters. The standard InChI is InChI=1S/C10H14ClN3O3/c1-3-17-5-4-13(2)10-9(14(15)16)6-8(11)7-12-10/h6-7H,3-5H2,1-2H3. The van der Waals surface area contributed by atoms with Gasteiger partial charge in [-0.2, -0.15) is 0 Å². The lowest BCUT2D eigenvalue weighted by atomic mass is 10.3. The van der Waals surface area contributed by atoms with E-state index in [4.69, 9.17) is 16.3 Å². The third-order valence-electron chi connectivity index (χ3n) is 2.15. The Morgan fingerprint density at radius 1 is 1.65 bits per heavy atom. The summed E-state index contributed by atoms with van der Waals surface area (Å²) in [6.45, 7) is 3.53. The summed E-state index contributed by atoms with van der Waals surface area (Å²) in [7, 11) is 1.72. The van der Waals surface area contributed by atoms with Gasteiger partial charge < -0.3 is 9.64 Å². The van der Waals surface area contributed by atoms with Crippen molar-refractivity contribution in [1.82, 2.24) is 4.98 Å². The number of rotatable bonds is 6. The van der Waals surface area contributed by atoms with Crippen molar-refractivity contribution in [3.05, 3.63) is 27.4 Å². The molecule has 0 aromatic carbocycles. The second-order valence-corrected chi connectivity index (χ2v) is 3.81. The summed E-state index contributed by atoms with van der Waals surface area (Å²) in [4.78, 5) is 16.0. The first-order valence-electron chi connectivity index (χ1n) is 5.15. The van der Waals surface area contributed by atoms with Gasteiger partial charge in [-0.1, -0.05) is 11.6 Å². The molecule has 0 radical (unpaired) electrons. The minimum atomic E-state index is -0.495. The van der Waals surface area contributed by atoms with Crippen molar-refractivity contribution < 1.29 is 9.66 Å². The van der Waals surface area contributed by atoms with Crippen LogP contribution in [0.5, 0.6) is 0 Å². The summed E-state index contributed by atoms with van der Waals surface area (Å²) in [6.07, 6.45) is 1.39. The number of hydrogen-bond donors (Lipinski definition) is 0. The number of likely N-dealkylation sites (N-methyl/N-ethyl adjacent to an activating group) is 1. The molecule has 1 heterocycles. The molecular weight excluding hydrogens is 246 g/mol. The smallest absolute Gasteiger partial charge is 0.313 e. The number of pyridine rings is 1. The van der Waals surface area contributed by atoms with Crippen LogP contribution in [0.4, 0.5) is 11.5 Å². The van der Waals surface area contributed by atoms with E-state index in [0.29, 0.717) is 25.6 Å². The highest BCUT2D eigenvalue weighted by molar-refractivity contribution is 6.30. The van der Waals surface area contributed by atoms with Gasteiger partial charge in [0.05, 0.1) is 16.6 Å². The fourth-order valence-electron chi connectivity index (χ4n) is 1.30. The predicted molar refractivity (Wildman–Crippen MR) is 65.7 cm³/mol. The highest BCUT2D eigenvalue weighted by Crippen LogP contribution is 2.27. The Labute approximate surface area is 104 Å². The first kappa shape index (κ1) is 13.7. The van der Waals surface area contributed by atoms with Crippen LogP contribution in [-0.4, -0.2) is 36.7 Å². The summed E-state index contributed by atoms with van der Waals surface area (Å²) in [6, 6.07) is 1.29. The Bertz CT molecular complexity index is 400. The van der Waals surface area contributed by atoms with Gasteiger partial charge in [-0.15, -0.1) is 0 Å². The van der Waals surface area contributed by atoms with Crippen molar-refractivity contribution in [3.63, 3.8) is 0 Å². The summed E-state index contributed by atoms with van der Waals surface area (Å²) >= 11 is 5.68. The van der Waals surface area contributed by atoms with Crippen molar-refractivity contribution in [2.24, 2.45) is 0 Å². The molecule has 0 aliphatic rings. The van der Waals surface area contributed by atoms with Crippen LogP contribution in [-0.2, 0) is 4.74 Å². The van der Waals surface area contributed by atoms with Crippen LogP contribution in [0.1, 0.15) is 6.92 Å². The van der Waals surface area contributed by atoms with Gasteiger partial charge >= 0.3 is 5.69 Å². The van der Waals surface area contributed by atoms with Crippen LogP contribution >= 0.6 is 11.6 Å². The second-order valence-electron chi connectivity index (χ2n) is 3.37. The maximum atomic E-state index is 10.9. The molecule has 0 N–H and O–H groups in total. The lowest BCUT2D eigenvalue weighted by Gasteiger charge is -2.17. The van der Waals surface area contributed by atoms with Gasteiger partial charge in [-0.05, 0) is 6.92 Å². The van der Waals surface area contributed by atoms with Crippen molar-refractivity contribution >= 4 is 23.1 Å². The molecule has 17 heavy (non-hydrogen) atoms. The van der Waals surface area contributed by atoms with Crippen LogP contribution in [0.2, 0.25) is 5.02 Å². The number of halogens is 1. The molecule has 1 aromatic rings. The monoisotopic (exact) mass is 259 g/mol. The summed E-state index contributed by atoms with van der Waals surface area (Å²) in [5, 5.41) is 11.1. The molecule has 6 nitrogen and oxygen atoms in total. The third kappa shape index (κ3) is 3.83. The van der Waals surface area contributed by atoms with Crippen LogP contribution in [0.3, 0.4) is 0 Å². The van der Waals surface area contributed by atoms with Gasteiger partial charge in [0.25, 0.3) is 0 Å². The van der Waals surface area contributed by atoms with E-state index in [-0.39, 0.29) is 10.7 Å². The van der Waals surface area contributed by atoms with E-state index in [2.05, 4.69) is 4.98 Å². The molecule has 0 amide bonds. The molecule has 0 spiro atoms. The lowest BCUT2D eigenvalue weighted by molar-refractivity contribution is -0.384. The molecule has 0 bridgehead atoms. The van der Waals surface area contributed by atoms with E-state index in [9.17, 15) is 10.1 Å². The summed E-state index contributed by atoms with van der Waals surface area (Å²) < 4.78 is 5.18. The van der Waals surface area contributed by atoms with Crippen LogP contribution in [0, 0.1) is 10.1 Å². The van der Waals surface area contributed by atoms with Gasteiger partial charge in [-0.3, -0.25) is 10.1 Å².